The third-order valence-electron chi connectivity index (χ3n) is 12.0. The molecule has 0 radical (unpaired) electrons. The van der Waals surface area contributed by atoms with Gasteiger partial charge >= 0.3 is 0 Å². The van der Waals surface area contributed by atoms with Crippen LogP contribution in [0.1, 0.15) is 122 Å². The number of aromatic amines is 4. The van der Waals surface area contributed by atoms with Crippen molar-refractivity contribution in [3.63, 3.8) is 0 Å². The first kappa shape index (κ1) is 35.7. The predicted molar refractivity (Wildman–Crippen MR) is 213 cm³/mol. The third kappa shape index (κ3) is 5.33. The Bertz CT molecular complexity index is 2360. The van der Waals surface area contributed by atoms with Gasteiger partial charge in [-0.15, -0.1) is 0 Å². The third-order valence-corrected chi connectivity index (χ3v) is 12.0. The molecule has 6 N–H and O–H groups in total. The minimum atomic E-state index is 0.0377. The van der Waals surface area contributed by atoms with E-state index in [4.69, 9.17) is 9.98 Å². The Balaban J connectivity index is 1.68. The van der Waals surface area contributed by atoms with Crippen molar-refractivity contribution >= 4 is 23.6 Å². The number of aliphatic hydroxyl groups is 2. The molecule has 0 spiro atoms. The van der Waals surface area contributed by atoms with Crippen LogP contribution in [-0.4, -0.2) is 54.8 Å². The molecule has 0 unspecified atom stereocenters. The van der Waals surface area contributed by atoms with E-state index in [0.29, 0.717) is 12.8 Å². The summed E-state index contributed by atoms with van der Waals surface area (Å²) in [6.45, 7) is 22.0. The number of aliphatic hydroxyl groups excluding tert-OH is 2. The normalized spacial score (nSPS) is 15.5. The zero-order valence-electron chi connectivity index (χ0n) is 32.6. The maximum atomic E-state index is 10.3. The highest BCUT2D eigenvalue weighted by Crippen LogP contribution is 2.41. The summed E-state index contributed by atoms with van der Waals surface area (Å²) in [4.78, 5) is 26.1. The molecule has 0 fully saturated rings. The minimum absolute atomic E-state index is 0.0377. The van der Waals surface area contributed by atoms with Crippen molar-refractivity contribution in [3.05, 3.63) is 122 Å². The van der Waals surface area contributed by atoms with E-state index in [1.807, 2.05) is 0 Å². The second kappa shape index (κ2) is 13.7. The van der Waals surface area contributed by atoms with Gasteiger partial charge in [0.05, 0.1) is 44.9 Å². The number of fused-ring (bicyclic) bond motifs is 12. The Kier molecular flexibility index (Phi) is 9.42. The maximum Gasteiger partial charge on any atom is 0.0932 e. The van der Waals surface area contributed by atoms with Gasteiger partial charge in [0.25, 0.3) is 0 Å². The summed E-state index contributed by atoms with van der Waals surface area (Å²) in [5.41, 5.74) is 22.4. The van der Waals surface area contributed by atoms with Crippen LogP contribution in [0.25, 0.3) is 12.2 Å². The number of aliphatic imine (C=N–C) groups is 2. The smallest absolute Gasteiger partial charge is 0.0932 e. The minimum Gasteiger partial charge on any atom is -0.396 e. The second-order valence-electron chi connectivity index (χ2n) is 14.5. The fourth-order valence-corrected chi connectivity index (χ4v) is 9.02. The van der Waals surface area contributed by atoms with Gasteiger partial charge in [-0.2, -0.15) is 0 Å². The zero-order valence-corrected chi connectivity index (χ0v) is 32.6. The Morgan fingerprint density at radius 3 is 1.21 bits per heavy atom. The average Bonchev–Trinajstić information content (AvgIpc) is 3.94. The lowest BCUT2D eigenvalue weighted by Crippen LogP contribution is -2.07. The second-order valence-corrected chi connectivity index (χ2v) is 14.5. The first-order valence-electron chi connectivity index (χ1n) is 19.1. The van der Waals surface area contributed by atoms with Crippen LogP contribution >= 0.6 is 0 Å². The van der Waals surface area contributed by atoms with Crippen LogP contribution in [-0.2, 0) is 25.7 Å². The lowest BCUT2D eigenvalue weighted by molar-refractivity contribution is 0.298. The molecular weight excluding hydrogens is 645 g/mol. The highest BCUT2D eigenvalue weighted by atomic mass is 16.3. The van der Waals surface area contributed by atoms with E-state index in [1.54, 1.807) is 0 Å². The van der Waals surface area contributed by atoms with Crippen LogP contribution in [0.4, 0.5) is 0 Å². The van der Waals surface area contributed by atoms with Gasteiger partial charge in [0.1, 0.15) is 0 Å². The van der Waals surface area contributed by atoms with Crippen LogP contribution in [0.5, 0.6) is 0 Å². The molecule has 12 bridgehead atoms. The fourth-order valence-electron chi connectivity index (χ4n) is 9.02. The van der Waals surface area contributed by atoms with Gasteiger partial charge in [-0.3, -0.25) is 0 Å². The predicted octanol–water partition coefficient (Wildman–Crippen LogP) is 6.66. The topological polar surface area (TPSA) is 128 Å². The molecule has 4 aromatic heterocycles. The lowest BCUT2D eigenvalue weighted by Gasteiger charge is -2.07. The van der Waals surface area contributed by atoms with Gasteiger partial charge in [-0.25, -0.2) is 9.98 Å². The van der Waals surface area contributed by atoms with Crippen molar-refractivity contribution in [2.24, 2.45) is 9.98 Å². The van der Waals surface area contributed by atoms with Gasteiger partial charge < -0.3 is 30.1 Å². The summed E-state index contributed by atoms with van der Waals surface area (Å²) in [5.74, 6) is 0. The zero-order chi connectivity index (χ0) is 37.2. The molecule has 8 nitrogen and oxygen atoms in total. The van der Waals surface area contributed by atoms with Crippen LogP contribution in [0.2, 0.25) is 0 Å². The SMILES string of the molecule is CCC1=C(C)C2=NC1=C1N=C(C(C)=C1CC)c1[nH]c(c(CC)c1C)C=c1[nH]c(c(CCO)c1C)=c1[nH]c(c(C)c1CCO)=Cc1[nH]c2c(C)c1CC. The monoisotopic (exact) mass is 698 g/mol. The molecule has 0 saturated heterocycles. The summed E-state index contributed by atoms with van der Waals surface area (Å²) < 4.78 is 0. The van der Waals surface area contributed by atoms with E-state index in [-0.39, 0.29) is 13.2 Å². The first-order valence-corrected chi connectivity index (χ1v) is 19.1. The molecule has 7 rings (SSSR count). The van der Waals surface area contributed by atoms with Crippen molar-refractivity contribution in [2.75, 3.05) is 13.2 Å². The first-order chi connectivity index (χ1) is 25.0. The quantitative estimate of drug-likeness (QED) is 0.123. The lowest BCUT2D eigenvalue weighted by atomic mass is 9.96. The molecule has 7 heterocycles. The summed E-state index contributed by atoms with van der Waals surface area (Å²) in [6, 6.07) is 0. The number of hydrogen-bond acceptors (Lipinski definition) is 4. The van der Waals surface area contributed by atoms with E-state index < -0.39 is 0 Å². The molecule has 0 aliphatic carbocycles. The van der Waals surface area contributed by atoms with Crippen molar-refractivity contribution in [1.82, 2.24) is 19.9 Å². The molecule has 4 aromatic rings. The van der Waals surface area contributed by atoms with Gasteiger partial charge in [0.15, 0.2) is 0 Å². The van der Waals surface area contributed by atoms with E-state index >= 15 is 0 Å². The van der Waals surface area contributed by atoms with Gasteiger partial charge in [-0.1, -0.05) is 27.7 Å². The molecule has 0 aromatic carbocycles. The average molecular weight is 699 g/mol. The Hall–Kier alpha value is -4.66. The summed E-state index contributed by atoms with van der Waals surface area (Å²) in [5, 5.41) is 24.4. The summed E-state index contributed by atoms with van der Waals surface area (Å²) in [7, 11) is 0. The number of hydrogen-bond donors (Lipinski definition) is 6. The van der Waals surface area contributed by atoms with Gasteiger partial charge in [0.2, 0.25) is 0 Å². The molecule has 8 heteroatoms. The molecule has 0 atom stereocenters. The maximum absolute atomic E-state index is 10.3. The molecule has 0 saturated carbocycles. The number of rotatable bonds is 8. The molecule has 0 amide bonds. The van der Waals surface area contributed by atoms with E-state index in [9.17, 15) is 10.2 Å². The summed E-state index contributed by atoms with van der Waals surface area (Å²) >= 11 is 0. The standard InChI is InChI=1S/C44H54N6O2/c1-11-27-23(7)37-39-25(9)29(13-3)41(49-39)42-30(14-4)26(10)40(50-42)38-24(8)28(12-2)36(48-38)20-34-22(6)32(16-18-52)44(46-34)43-31(15-17-51)21(5)33(45-43)19-35(27)47-37/h19-20,45-48,51-52H,11-18H2,1-10H3. The highest BCUT2D eigenvalue weighted by molar-refractivity contribution is 6.18. The van der Waals surface area contributed by atoms with Crippen molar-refractivity contribution in [2.45, 2.75) is 108 Å². The molecule has 3 aliphatic rings. The Morgan fingerprint density at radius 2 is 0.885 bits per heavy atom. The van der Waals surface area contributed by atoms with Crippen LogP contribution in [0, 0.1) is 38.4 Å². The van der Waals surface area contributed by atoms with Gasteiger partial charge in [-0.05, 0) is 159 Å². The van der Waals surface area contributed by atoms with E-state index in [2.05, 4.69) is 101 Å². The summed E-state index contributed by atoms with van der Waals surface area (Å²) in [6.07, 6.45) is 8.96. The number of nitrogens with zero attached hydrogens (tertiary/aromatic N) is 2. The molecular formula is C44H54N6O2. The van der Waals surface area contributed by atoms with E-state index in [0.717, 1.165) is 115 Å². The molecule has 52 heavy (non-hydrogen) atoms. The number of allylic oxidation sites excluding steroid dienone is 4. The number of nitrogens with one attached hydrogen (secondary N) is 4. The number of aromatic nitrogens is 4. The Labute approximate surface area is 306 Å². The Morgan fingerprint density at radius 1 is 0.500 bits per heavy atom. The van der Waals surface area contributed by atoms with Crippen LogP contribution < -0.4 is 10.7 Å². The number of H-pyrrole nitrogens is 4. The van der Waals surface area contributed by atoms with Crippen molar-refractivity contribution in [1.29, 1.82) is 0 Å². The fraction of sp³-hybridized carbons (Fsp3) is 0.409. The van der Waals surface area contributed by atoms with Crippen molar-refractivity contribution < 1.29 is 10.2 Å². The largest absolute Gasteiger partial charge is 0.396 e. The van der Waals surface area contributed by atoms with Crippen LogP contribution in [0.15, 0.2) is 43.7 Å². The highest BCUT2D eigenvalue weighted by Gasteiger charge is 2.32. The molecule has 272 valence electrons. The van der Waals surface area contributed by atoms with Gasteiger partial charge in [0, 0.05) is 35.3 Å². The molecule has 3 aliphatic heterocycles. The van der Waals surface area contributed by atoms with Crippen LogP contribution in [0.3, 0.4) is 0 Å². The van der Waals surface area contributed by atoms with Crippen molar-refractivity contribution in [3.8, 4) is 0 Å². The van der Waals surface area contributed by atoms with E-state index in [1.165, 1.54) is 44.5 Å².